The lowest BCUT2D eigenvalue weighted by molar-refractivity contribution is -0.150. The maximum absolute atomic E-state index is 12.9. The lowest BCUT2D eigenvalue weighted by Gasteiger charge is -2.34. The summed E-state index contributed by atoms with van der Waals surface area (Å²) < 4.78 is 16.7. The highest BCUT2D eigenvalue weighted by atomic mass is 16.6. The summed E-state index contributed by atoms with van der Waals surface area (Å²) in [5, 5.41) is 0. The highest BCUT2D eigenvalue weighted by Gasteiger charge is 2.48. The van der Waals surface area contributed by atoms with Gasteiger partial charge in [-0.15, -0.1) is 0 Å². The van der Waals surface area contributed by atoms with Crippen molar-refractivity contribution in [1.29, 1.82) is 0 Å². The van der Waals surface area contributed by atoms with E-state index < -0.39 is 24.3 Å². The summed E-state index contributed by atoms with van der Waals surface area (Å²) in [7, 11) is 0. The third kappa shape index (κ3) is 5.35. The van der Waals surface area contributed by atoms with Crippen molar-refractivity contribution in [2.75, 3.05) is 6.61 Å². The predicted octanol–water partition coefficient (Wildman–Crippen LogP) is 4.14. The topological polar surface area (TPSA) is 65.1 Å². The van der Waals surface area contributed by atoms with Gasteiger partial charge in [-0.1, -0.05) is 81.4 Å². The maximum atomic E-state index is 12.9. The van der Waals surface area contributed by atoms with Crippen molar-refractivity contribution in [3.05, 3.63) is 71.8 Å². The Bertz CT molecular complexity index is 816. The van der Waals surface area contributed by atoms with Gasteiger partial charge in [0.25, 0.3) is 0 Å². The van der Waals surface area contributed by atoms with Crippen molar-refractivity contribution in [3.63, 3.8) is 0 Å². The van der Waals surface area contributed by atoms with E-state index in [0.717, 1.165) is 11.1 Å². The summed E-state index contributed by atoms with van der Waals surface area (Å²) in [6.45, 7) is 6.20. The number of amides is 1. The van der Waals surface area contributed by atoms with Gasteiger partial charge in [0.05, 0.1) is 6.61 Å². The van der Waals surface area contributed by atoms with Crippen LogP contribution in [0.4, 0.5) is 4.79 Å². The van der Waals surface area contributed by atoms with E-state index in [9.17, 15) is 9.59 Å². The van der Waals surface area contributed by atoms with Crippen LogP contribution in [0.25, 0.3) is 0 Å². The standard InChI is InChI=1S/C23H27NO5/c1-23(2,3)21-24(22(26)29-15-18-12-8-5-9-13-18)19(16-28-21)20(25)27-14-17-10-6-4-7-11-17/h4-13,19,21H,14-16H2,1-3H3/t19-,21+/m0/s1. The lowest BCUT2D eigenvalue weighted by atomic mass is 9.93. The number of hydrogen-bond acceptors (Lipinski definition) is 5. The van der Waals surface area contributed by atoms with Gasteiger partial charge in [0, 0.05) is 5.41 Å². The molecule has 0 aromatic heterocycles. The predicted molar refractivity (Wildman–Crippen MR) is 108 cm³/mol. The summed E-state index contributed by atoms with van der Waals surface area (Å²) in [6.07, 6.45) is -1.17. The van der Waals surface area contributed by atoms with E-state index >= 15 is 0 Å². The maximum Gasteiger partial charge on any atom is 0.413 e. The summed E-state index contributed by atoms with van der Waals surface area (Å²) in [5.74, 6) is -0.503. The average Bonchev–Trinajstić information content (AvgIpc) is 3.18. The summed E-state index contributed by atoms with van der Waals surface area (Å²) in [4.78, 5) is 27.0. The van der Waals surface area contributed by atoms with E-state index in [1.54, 1.807) is 0 Å². The second-order valence-corrected chi connectivity index (χ2v) is 8.11. The largest absolute Gasteiger partial charge is 0.459 e. The highest BCUT2D eigenvalue weighted by Crippen LogP contribution is 2.33. The fourth-order valence-electron chi connectivity index (χ4n) is 3.20. The van der Waals surface area contributed by atoms with Gasteiger partial charge in [0.1, 0.15) is 19.4 Å². The molecule has 1 fully saturated rings. The van der Waals surface area contributed by atoms with Crippen LogP contribution in [0.5, 0.6) is 0 Å². The number of benzene rings is 2. The fourth-order valence-corrected chi connectivity index (χ4v) is 3.20. The van der Waals surface area contributed by atoms with Gasteiger partial charge in [0.15, 0.2) is 6.04 Å². The van der Waals surface area contributed by atoms with Crippen LogP contribution in [0.3, 0.4) is 0 Å². The van der Waals surface area contributed by atoms with E-state index in [-0.39, 0.29) is 25.2 Å². The van der Waals surface area contributed by atoms with Crippen molar-refractivity contribution >= 4 is 12.1 Å². The first kappa shape index (κ1) is 20.9. The first-order valence-corrected chi connectivity index (χ1v) is 9.67. The van der Waals surface area contributed by atoms with Crippen molar-refractivity contribution in [1.82, 2.24) is 4.90 Å². The monoisotopic (exact) mass is 397 g/mol. The van der Waals surface area contributed by atoms with Gasteiger partial charge in [0.2, 0.25) is 0 Å². The third-order valence-electron chi connectivity index (χ3n) is 4.65. The Morgan fingerprint density at radius 2 is 1.45 bits per heavy atom. The molecule has 0 aliphatic carbocycles. The van der Waals surface area contributed by atoms with Gasteiger partial charge < -0.3 is 14.2 Å². The zero-order valence-electron chi connectivity index (χ0n) is 17.0. The van der Waals surface area contributed by atoms with Crippen LogP contribution in [0.2, 0.25) is 0 Å². The molecule has 2 aromatic carbocycles. The van der Waals surface area contributed by atoms with Gasteiger partial charge in [-0.05, 0) is 11.1 Å². The third-order valence-corrected chi connectivity index (χ3v) is 4.65. The van der Waals surface area contributed by atoms with Crippen LogP contribution in [0, 0.1) is 5.41 Å². The molecule has 0 saturated carbocycles. The van der Waals surface area contributed by atoms with Gasteiger partial charge in [-0.2, -0.15) is 0 Å². The second kappa shape index (κ2) is 9.09. The molecular weight excluding hydrogens is 370 g/mol. The van der Waals surface area contributed by atoms with Crippen molar-refractivity contribution in [3.8, 4) is 0 Å². The number of rotatable bonds is 5. The minimum atomic E-state index is -0.841. The molecule has 29 heavy (non-hydrogen) atoms. The zero-order valence-corrected chi connectivity index (χ0v) is 17.0. The smallest absolute Gasteiger partial charge is 0.413 e. The first-order valence-electron chi connectivity index (χ1n) is 9.67. The zero-order chi connectivity index (χ0) is 20.9. The van der Waals surface area contributed by atoms with Gasteiger partial charge in [-0.25, -0.2) is 9.59 Å². The Balaban J connectivity index is 1.69. The van der Waals surface area contributed by atoms with Crippen LogP contribution in [-0.4, -0.2) is 35.8 Å². The molecule has 0 unspecified atom stereocenters. The normalized spacial score (nSPS) is 19.1. The van der Waals surface area contributed by atoms with Gasteiger partial charge >= 0.3 is 12.1 Å². The number of carbonyl (C=O) groups is 2. The van der Waals surface area contributed by atoms with Crippen LogP contribution in [0.15, 0.2) is 60.7 Å². The quantitative estimate of drug-likeness (QED) is 0.710. The van der Waals surface area contributed by atoms with Crippen molar-refractivity contribution in [2.24, 2.45) is 5.41 Å². The Kier molecular flexibility index (Phi) is 6.54. The average molecular weight is 397 g/mol. The minimum Gasteiger partial charge on any atom is -0.459 e. The van der Waals surface area contributed by atoms with E-state index in [0.29, 0.717) is 0 Å². The van der Waals surface area contributed by atoms with Gasteiger partial charge in [-0.3, -0.25) is 4.90 Å². The van der Waals surface area contributed by atoms with E-state index in [2.05, 4.69) is 0 Å². The molecule has 1 saturated heterocycles. The Morgan fingerprint density at radius 1 is 0.931 bits per heavy atom. The Labute approximate surface area is 171 Å². The van der Waals surface area contributed by atoms with E-state index in [1.807, 2.05) is 81.4 Å². The summed E-state index contributed by atoms with van der Waals surface area (Å²) in [5.41, 5.74) is 1.36. The Morgan fingerprint density at radius 3 is 1.97 bits per heavy atom. The number of esters is 1. The molecule has 0 bridgehead atoms. The molecular formula is C23H27NO5. The molecule has 0 spiro atoms. The Hall–Kier alpha value is -2.86. The SMILES string of the molecule is CC(C)(C)[C@H]1OC[C@@H](C(=O)OCc2ccccc2)N1C(=O)OCc1ccccc1. The molecule has 1 heterocycles. The fraction of sp³-hybridized carbons (Fsp3) is 0.391. The molecule has 1 aliphatic rings. The number of carbonyl (C=O) groups excluding carboxylic acids is 2. The van der Waals surface area contributed by atoms with Crippen molar-refractivity contribution < 1.29 is 23.8 Å². The van der Waals surface area contributed by atoms with Crippen LogP contribution < -0.4 is 0 Å². The first-order chi connectivity index (χ1) is 13.9. The summed E-state index contributed by atoms with van der Waals surface area (Å²) >= 11 is 0. The number of nitrogens with zero attached hydrogens (tertiary/aromatic N) is 1. The molecule has 6 heteroatoms. The van der Waals surface area contributed by atoms with Crippen LogP contribution in [0.1, 0.15) is 31.9 Å². The molecule has 1 amide bonds. The summed E-state index contributed by atoms with van der Waals surface area (Å²) in [6, 6.07) is 18.0. The number of ether oxygens (including phenoxy) is 3. The molecule has 2 aromatic rings. The molecule has 0 N–H and O–H groups in total. The van der Waals surface area contributed by atoms with Crippen LogP contribution >= 0.6 is 0 Å². The van der Waals surface area contributed by atoms with Crippen LogP contribution in [-0.2, 0) is 32.2 Å². The van der Waals surface area contributed by atoms with E-state index in [4.69, 9.17) is 14.2 Å². The molecule has 0 radical (unpaired) electrons. The molecule has 6 nitrogen and oxygen atoms in total. The van der Waals surface area contributed by atoms with Crippen molar-refractivity contribution in [2.45, 2.75) is 46.3 Å². The highest BCUT2D eigenvalue weighted by molar-refractivity contribution is 5.82. The lowest BCUT2D eigenvalue weighted by Crippen LogP contribution is -2.50. The molecule has 154 valence electrons. The second-order valence-electron chi connectivity index (χ2n) is 8.11. The number of hydrogen-bond donors (Lipinski definition) is 0. The minimum absolute atomic E-state index is 0.0794. The molecule has 1 aliphatic heterocycles. The molecule has 2 atom stereocenters. The van der Waals surface area contributed by atoms with E-state index in [1.165, 1.54) is 4.90 Å². The molecule has 3 rings (SSSR count).